The number of aromatic nitrogens is 1. The summed E-state index contributed by atoms with van der Waals surface area (Å²) in [6.07, 6.45) is 5.43. The summed E-state index contributed by atoms with van der Waals surface area (Å²) in [6, 6.07) is 14.1. The second-order valence-corrected chi connectivity index (χ2v) is 7.91. The van der Waals surface area contributed by atoms with Gasteiger partial charge in [0.2, 0.25) is 0 Å². The smallest absolute Gasteiger partial charge is 0.191 e. The highest BCUT2D eigenvalue weighted by Gasteiger charge is 2.09. The van der Waals surface area contributed by atoms with E-state index in [2.05, 4.69) is 45.4 Å². The number of methoxy groups -OCH3 is 1. The fourth-order valence-corrected chi connectivity index (χ4v) is 4.02. The van der Waals surface area contributed by atoms with E-state index in [1.807, 2.05) is 24.3 Å². The summed E-state index contributed by atoms with van der Waals surface area (Å²) >= 11 is 1.72. The average Bonchev–Trinajstić information content (AvgIpc) is 3.53. The molecule has 0 aliphatic heterocycles. The van der Waals surface area contributed by atoms with E-state index in [1.165, 1.54) is 10.4 Å². The van der Waals surface area contributed by atoms with Crippen molar-refractivity contribution in [3.63, 3.8) is 0 Å². The lowest BCUT2D eigenvalue weighted by Crippen LogP contribution is -2.39. The molecule has 0 bridgehead atoms. The van der Waals surface area contributed by atoms with E-state index in [0.717, 1.165) is 54.3 Å². The second-order valence-electron chi connectivity index (χ2n) is 6.87. The van der Waals surface area contributed by atoms with Crippen LogP contribution in [0.5, 0.6) is 5.75 Å². The standard InChI is InChI=1S/C23H26N4O2S.HI/c1-28-21-8-2-7-20-22(21)17(15-26-20)9-11-24-23(27-16-19-6-4-14-30-19)25-12-10-18-5-3-13-29-18;/h2-8,13-15,26H,9-12,16H2,1H3,(H2,24,25,27);1H. The van der Waals surface area contributed by atoms with Crippen LogP contribution >= 0.6 is 35.3 Å². The number of halogens is 1. The fourth-order valence-electron chi connectivity index (χ4n) is 3.40. The van der Waals surface area contributed by atoms with Crippen molar-refractivity contribution in [3.8, 4) is 5.75 Å². The molecule has 3 N–H and O–H groups in total. The van der Waals surface area contributed by atoms with E-state index >= 15 is 0 Å². The quantitative estimate of drug-likeness (QED) is 0.156. The van der Waals surface area contributed by atoms with E-state index in [4.69, 9.17) is 14.1 Å². The molecule has 0 radical (unpaired) electrons. The van der Waals surface area contributed by atoms with Crippen molar-refractivity contribution < 1.29 is 9.15 Å². The minimum Gasteiger partial charge on any atom is -0.496 e. The zero-order valence-electron chi connectivity index (χ0n) is 17.4. The predicted octanol–water partition coefficient (Wildman–Crippen LogP) is 4.97. The van der Waals surface area contributed by atoms with Gasteiger partial charge in [-0.3, -0.25) is 0 Å². The van der Waals surface area contributed by atoms with Crippen molar-refractivity contribution in [3.05, 3.63) is 76.5 Å². The number of hydrogen-bond donors (Lipinski definition) is 3. The first-order valence-electron chi connectivity index (χ1n) is 10.0. The molecule has 0 atom stereocenters. The van der Waals surface area contributed by atoms with Crippen LogP contribution in [0.1, 0.15) is 16.2 Å². The Balaban J connectivity index is 0.00000272. The van der Waals surface area contributed by atoms with Crippen molar-refractivity contribution in [2.75, 3.05) is 20.2 Å². The Morgan fingerprint density at radius 3 is 2.71 bits per heavy atom. The molecule has 0 aliphatic carbocycles. The molecule has 3 aromatic heterocycles. The van der Waals surface area contributed by atoms with Crippen molar-refractivity contribution >= 4 is 52.2 Å². The lowest BCUT2D eigenvalue weighted by molar-refractivity contribution is 0.419. The number of guanidine groups is 1. The van der Waals surface area contributed by atoms with Crippen molar-refractivity contribution in [2.45, 2.75) is 19.4 Å². The van der Waals surface area contributed by atoms with Gasteiger partial charge >= 0.3 is 0 Å². The molecular formula is C23H27IN4O2S. The van der Waals surface area contributed by atoms with Crippen molar-refractivity contribution in [1.29, 1.82) is 0 Å². The van der Waals surface area contributed by atoms with Gasteiger partial charge in [0, 0.05) is 41.5 Å². The number of aliphatic imine (C=N–C) groups is 1. The minimum atomic E-state index is 0. The van der Waals surface area contributed by atoms with Gasteiger partial charge in [0.25, 0.3) is 0 Å². The Labute approximate surface area is 203 Å². The summed E-state index contributed by atoms with van der Waals surface area (Å²) in [7, 11) is 1.71. The van der Waals surface area contributed by atoms with Crippen LogP contribution in [0.25, 0.3) is 10.9 Å². The lowest BCUT2D eigenvalue weighted by atomic mass is 10.1. The van der Waals surface area contributed by atoms with Crippen molar-refractivity contribution in [2.24, 2.45) is 4.99 Å². The van der Waals surface area contributed by atoms with E-state index in [1.54, 1.807) is 24.7 Å². The van der Waals surface area contributed by atoms with Crippen LogP contribution in [0.4, 0.5) is 0 Å². The third-order valence-electron chi connectivity index (χ3n) is 4.87. The molecule has 1 aromatic carbocycles. The van der Waals surface area contributed by atoms with Crippen LogP contribution in [0.3, 0.4) is 0 Å². The molecule has 3 heterocycles. The Hall–Kier alpha value is -2.46. The van der Waals surface area contributed by atoms with Gasteiger partial charge in [0.15, 0.2) is 5.96 Å². The van der Waals surface area contributed by atoms with Crippen molar-refractivity contribution in [1.82, 2.24) is 15.6 Å². The average molecular weight is 550 g/mol. The number of ether oxygens (including phenoxy) is 1. The molecule has 0 spiro atoms. The van der Waals surface area contributed by atoms with Crippen LogP contribution in [0, 0.1) is 0 Å². The number of rotatable bonds is 9. The van der Waals surface area contributed by atoms with Crippen LogP contribution < -0.4 is 15.4 Å². The largest absolute Gasteiger partial charge is 0.496 e. The third-order valence-corrected chi connectivity index (χ3v) is 5.73. The number of hydrogen-bond acceptors (Lipinski definition) is 4. The molecule has 4 rings (SSSR count). The van der Waals surface area contributed by atoms with Gasteiger partial charge in [-0.2, -0.15) is 0 Å². The third kappa shape index (κ3) is 6.27. The molecule has 0 fully saturated rings. The number of aromatic amines is 1. The first-order valence-corrected chi connectivity index (χ1v) is 10.9. The molecule has 0 aliphatic rings. The Bertz CT molecular complexity index is 1070. The maximum absolute atomic E-state index is 5.54. The lowest BCUT2D eigenvalue weighted by Gasteiger charge is -2.12. The topological polar surface area (TPSA) is 74.6 Å². The van der Waals surface area contributed by atoms with E-state index in [0.29, 0.717) is 6.54 Å². The molecule has 164 valence electrons. The van der Waals surface area contributed by atoms with Crippen LogP contribution in [-0.2, 0) is 19.4 Å². The zero-order valence-corrected chi connectivity index (χ0v) is 20.5. The first kappa shape index (κ1) is 23.2. The monoisotopic (exact) mass is 550 g/mol. The van der Waals surface area contributed by atoms with Gasteiger partial charge in [-0.15, -0.1) is 35.3 Å². The number of nitrogens with one attached hydrogen (secondary N) is 3. The molecular weight excluding hydrogens is 523 g/mol. The van der Waals surface area contributed by atoms with Crippen LogP contribution in [-0.4, -0.2) is 31.1 Å². The maximum Gasteiger partial charge on any atom is 0.191 e. The molecule has 6 nitrogen and oxygen atoms in total. The molecule has 8 heteroatoms. The summed E-state index contributed by atoms with van der Waals surface area (Å²) in [4.78, 5) is 9.31. The van der Waals surface area contributed by atoms with Gasteiger partial charge in [0.05, 0.1) is 19.9 Å². The number of benzene rings is 1. The first-order chi connectivity index (χ1) is 14.8. The van der Waals surface area contributed by atoms with E-state index in [-0.39, 0.29) is 24.0 Å². The Morgan fingerprint density at radius 2 is 1.97 bits per heavy atom. The number of furan rings is 1. The number of fused-ring (bicyclic) bond motifs is 1. The van der Waals surface area contributed by atoms with Gasteiger partial charge in [0.1, 0.15) is 11.5 Å². The Morgan fingerprint density at radius 1 is 1.10 bits per heavy atom. The molecule has 31 heavy (non-hydrogen) atoms. The molecule has 4 aromatic rings. The van der Waals surface area contributed by atoms with Gasteiger partial charge in [-0.1, -0.05) is 12.1 Å². The number of nitrogens with zero attached hydrogens (tertiary/aromatic N) is 1. The fraction of sp³-hybridized carbons (Fsp3) is 0.261. The summed E-state index contributed by atoms with van der Waals surface area (Å²) in [5, 5.41) is 10.1. The van der Waals surface area contributed by atoms with Gasteiger partial charge < -0.3 is 24.8 Å². The predicted molar refractivity (Wildman–Crippen MR) is 138 cm³/mol. The number of thiophene rings is 1. The van der Waals surface area contributed by atoms with E-state index < -0.39 is 0 Å². The highest BCUT2D eigenvalue weighted by Crippen LogP contribution is 2.28. The molecule has 0 amide bonds. The minimum absolute atomic E-state index is 0. The maximum atomic E-state index is 5.54. The summed E-state index contributed by atoms with van der Waals surface area (Å²) < 4.78 is 11.0. The zero-order chi connectivity index (χ0) is 20.6. The summed E-state index contributed by atoms with van der Waals surface area (Å²) in [5.41, 5.74) is 2.32. The van der Waals surface area contributed by atoms with Gasteiger partial charge in [-0.05, 0) is 47.7 Å². The normalized spacial score (nSPS) is 11.3. The molecule has 0 saturated heterocycles. The Kier molecular flexibility index (Phi) is 8.84. The van der Waals surface area contributed by atoms with Gasteiger partial charge in [-0.25, -0.2) is 4.99 Å². The highest BCUT2D eigenvalue weighted by atomic mass is 127. The van der Waals surface area contributed by atoms with Crippen LogP contribution in [0.2, 0.25) is 0 Å². The van der Waals surface area contributed by atoms with E-state index in [9.17, 15) is 0 Å². The second kappa shape index (κ2) is 11.8. The molecule has 0 saturated carbocycles. The summed E-state index contributed by atoms with van der Waals surface area (Å²) in [6.45, 7) is 2.18. The van der Waals surface area contributed by atoms with Crippen LogP contribution in [0.15, 0.2) is 69.7 Å². The summed E-state index contributed by atoms with van der Waals surface area (Å²) in [5.74, 6) is 2.67. The SMILES string of the molecule is COc1cccc2[nH]cc(CCNC(=NCc3cccs3)NCCc3ccco3)c12.I. The number of H-pyrrole nitrogens is 1. The molecule has 0 unspecified atom stereocenters. The highest BCUT2D eigenvalue weighted by molar-refractivity contribution is 14.0.